The second-order valence-electron chi connectivity index (χ2n) is 7.44. The molecule has 0 aliphatic heterocycles. The Bertz CT molecular complexity index is 1360. The number of aromatic nitrogens is 3. The van der Waals surface area contributed by atoms with Crippen LogP contribution in [0, 0.1) is 12.7 Å². The van der Waals surface area contributed by atoms with E-state index in [2.05, 4.69) is 5.32 Å². The van der Waals surface area contributed by atoms with Gasteiger partial charge in [0.25, 0.3) is 17.1 Å². The fraction of sp³-hybridized carbons (Fsp3) is 0.217. The van der Waals surface area contributed by atoms with Crippen LogP contribution >= 0.6 is 0 Å². The Balaban J connectivity index is 1.83. The monoisotopic (exact) mass is 420 g/mol. The molecule has 0 atom stereocenters. The van der Waals surface area contributed by atoms with E-state index in [0.717, 1.165) is 17.5 Å². The van der Waals surface area contributed by atoms with Crippen LogP contribution in [0.5, 0.6) is 0 Å². The Morgan fingerprint density at radius 1 is 1.26 bits per heavy atom. The summed E-state index contributed by atoms with van der Waals surface area (Å²) in [5.41, 5.74) is 8.92. The predicted octanol–water partition coefficient (Wildman–Crippen LogP) is 2.50. The van der Waals surface area contributed by atoms with Crippen LogP contribution < -0.4 is 21.2 Å². The van der Waals surface area contributed by atoms with Gasteiger partial charge in [-0.2, -0.15) is 0 Å². The number of aryl methyl sites for hydroxylation is 2. The van der Waals surface area contributed by atoms with E-state index in [-0.39, 0.29) is 29.3 Å². The number of anilines is 1. The van der Waals surface area contributed by atoms with Crippen LogP contribution in [0.3, 0.4) is 0 Å². The number of nitrogens with zero attached hydrogens (tertiary/aromatic N) is 3. The zero-order valence-corrected chi connectivity index (χ0v) is 17.4. The van der Waals surface area contributed by atoms with Gasteiger partial charge < -0.3 is 11.1 Å². The molecule has 158 valence electrons. The van der Waals surface area contributed by atoms with Gasteiger partial charge in [0.15, 0.2) is 0 Å². The SMILES string of the molecule is CCC[n+]1c(N)c(C(=O)NCc2ccc(F)cc2)cc2c(=O)n3cccc(C)c3nc21. The first-order chi connectivity index (χ1) is 14.9. The van der Waals surface area contributed by atoms with E-state index in [1.54, 1.807) is 29.0 Å². The van der Waals surface area contributed by atoms with Crippen molar-refractivity contribution >= 4 is 28.4 Å². The molecule has 0 saturated heterocycles. The highest BCUT2D eigenvalue weighted by atomic mass is 19.1. The van der Waals surface area contributed by atoms with Gasteiger partial charge in [0, 0.05) is 18.3 Å². The molecule has 7 nitrogen and oxygen atoms in total. The molecule has 0 aliphatic carbocycles. The summed E-state index contributed by atoms with van der Waals surface area (Å²) in [5, 5.41) is 3.11. The van der Waals surface area contributed by atoms with Crippen molar-refractivity contribution in [2.24, 2.45) is 0 Å². The van der Waals surface area contributed by atoms with E-state index in [1.807, 2.05) is 19.9 Å². The molecule has 3 aromatic heterocycles. The first kappa shape index (κ1) is 20.5. The van der Waals surface area contributed by atoms with Crippen molar-refractivity contribution in [1.29, 1.82) is 0 Å². The van der Waals surface area contributed by atoms with E-state index in [0.29, 0.717) is 23.2 Å². The smallest absolute Gasteiger partial charge is 0.278 e. The number of nitrogen functional groups attached to an aromatic ring is 1. The molecule has 1 amide bonds. The summed E-state index contributed by atoms with van der Waals surface area (Å²) in [4.78, 5) is 30.8. The van der Waals surface area contributed by atoms with Gasteiger partial charge in [-0.15, -0.1) is 0 Å². The van der Waals surface area contributed by atoms with Gasteiger partial charge in [0.1, 0.15) is 16.8 Å². The number of amides is 1. The minimum absolute atomic E-state index is 0.203. The lowest BCUT2D eigenvalue weighted by Crippen LogP contribution is -2.42. The normalized spacial score (nSPS) is 11.2. The van der Waals surface area contributed by atoms with Crippen molar-refractivity contribution in [3.8, 4) is 0 Å². The molecule has 0 saturated carbocycles. The molecule has 0 unspecified atom stereocenters. The number of nitrogens with one attached hydrogen (secondary N) is 1. The number of carbonyl (C=O) groups excluding carboxylic acids is 1. The minimum Gasteiger partial charge on any atom is -0.348 e. The summed E-state index contributed by atoms with van der Waals surface area (Å²) in [5.74, 6) is -0.511. The highest BCUT2D eigenvalue weighted by Gasteiger charge is 2.24. The molecule has 0 radical (unpaired) electrons. The van der Waals surface area contributed by atoms with Crippen molar-refractivity contribution in [1.82, 2.24) is 14.7 Å². The summed E-state index contributed by atoms with van der Waals surface area (Å²) in [6.07, 6.45) is 2.41. The van der Waals surface area contributed by atoms with Crippen LogP contribution in [0.15, 0.2) is 53.5 Å². The molecule has 0 spiro atoms. The van der Waals surface area contributed by atoms with E-state index in [1.165, 1.54) is 22.6 Å². The van der Waals surface area contributed by atoms with Crippen LogP contribution in [0.25, 0.3) is 16.7 Å². The quantitative estimate of drug-likeness (QED) is 0.383. The molecule has 0 fully saturated rings. The predicted molar refractivity (Wildman–Crippen MR) is 116 cm³/mol. The lowest BCUT2D eigenvalue weighted by Gasteiger charge is -2.12. The van der Waals surface area contributed by atoms with Crippen LogP contribution in [-0.4, -0.2) is 15.3 Å². The van der Waals surface area contributed by atoms with Gasteiger partial charge >= 0.3 is 0 Å². The Morgan fingerprint density at radius 3 is 2.71 bits per heavy atom. The fourth-order valence-electron chi connectivity index (χ4n) is 3.62. The molecule has 3 N–H and O–H groups in total. The van der Waals surface area contributed by atoms with Gasteiger partial charge in [-0.3, -0.25) is 14.0 Å². The molecule has 0 bridgehead atoms. The number of nitrogens with two attached hydrogens (primary N) is 1. The third-order valence-corrected chi connectivity index (χ3v) is 5.23. The minimum atomic E-state index is -0.415. The molecule has 8 heteroatoms. The number of carbonyl (C=O) groups is 1. The maximum atomic E-state index is 13.2. The maximum Gasteiger partial charge on any atom is 0.278 e. The van der Waals surface area contributed by atoms with Crippen LogP contribution in [0.4, 0.5) is 10.2 Å². The Hall–Kier alpha value is -3.81. The largest absolute Gasteiger partial charge is 0.348 e. The number of pyridine rings is 2. The van der Waals surface area contributed by atoms with Crippen molar-refractivity contribution in [3.05, 3.63) is 81.5 Å². The number of hydrogen-bond donors (Lipinski definition) is 2. The van der Waals surface area contributed by atoms with Crippen LogP contribution in [0.1, 0.15) is 34.8 Å². The lowest BCUT2D eigenvalue weighted by molar-refractivity contribution is -0.658. The summed E-state index contributed by atoms with van der Waals surface area (Å²) in [7, 11) is 0. The molecule has 0 aliphatic rings. The van der Waals surface area contributed by atoms with Gasteiger partial charge in [-0.25, -0.2) is 8.96 Å². The van der Waals surface area contributed by atoms with Gasteiger partial charge in [-0.05, 0) is 43.2 Å². The topological polar surface area (TPSA) is 93.4 Å². The summed E-state index contributed by atoms with van der Waals surface area (Å²) >= 11 is 0. The third-order valence-electron chi connectivity index (χ3n) is 5.23. The molecular formula is C23H23FN5O2+. The number of rotatable bonds is 5. The number of halogens is 1. The number of benzene rings is 1. The molecular weight excluding hydrogens is 397 g/mol. The van der Waals surface area contributed by atoms with Crippen molar-refractivity contribution < 1.29 is 13.8 Å². The highest BCUT2D eigenvalue weighted by molar-refractivity contribution is 6.00. The average molecular weight is 420 g/mol. The van der Waals surface area contributed by atoms with Crippen molar-refractivity contribution in [2.45, 2.75) is 33.4 Å². The zero-order chi connectivity index (χ0) is 22.1. The average Bonchev–Trinajstić information content (AvgIpc) is 2.76. The van der Waals surface area contributed by atoms with E-state index < -0.39 is 5.91 Å². The molecule has 4 rings (SSSR count). The molecule has 31 heavy (non-hydrogen) atoms. The Morgan fingerprint density at radius 2 is 2.00 bits per heavy atom. The summed E-state index contributed by atoms with van der Waals surface area (Å²) in [6.45, 7) is 4.59. The zero-order valence-electron chi connectivity index (χ0n) is 17.4. The van der Waals surface area contributed by atoms with Gasteiger partial charge in [0.2, 0.25) is 11.5 Å². The van der Waals surface area contributed by atoms with Crippen molar-refractivity contribution in [3.63, 3.8) is 0 Å². The lowest BCUT2D eigenvalue weighted by atomic mass is 10.1. The first-order valence-corrected chi connectivity index (χ1v) is 10.1. The standard InChI is InChI=1S/C23H22FN5O2/c1-3-10-28-19(25)17(22(30)26-13-15-6-8-16(24)9-7-15)12-18-21(28)27-20-14(2)5-4-11-29(20)23(18)31/h4-9,11-12,25H,3,10,13H2,1-2H3,(H,26,30)/p+1. The van der Waals surface area contributed by atoms with Crippen LogP contribution in [-0.2, 0) is 13.1 Å². The number of hydrogen-bond acceptors (Lipinski definition) is 4. The third kappa shape index (κ3) is 3.72. The second kappa shape index (κ2) is 8.14. The summed E-state index contributed by atoms with van der Waals surface area (Å²) in [6, 6.07) is 11.0. The van der Waals surface area contributed by atoms with E-state index in [9.17, 15) is 14.0 Å². The van der Waals surface area contributed by atoms with Crippen LogP contribution in [0.2, 0.25) is 0 Å². The van der Waals surface area contributed by atoms with Gasteiger partial charge in [-0.1, -0.05) is 30.1 Å². The fourth-order valence-corrected chi connectivity index (χ4v) is 3.62. The Labute approximate surface area is 178 Å². The van der Waals surface area contributed by atoms with Crippen molar-refractivity contribution in [2.75, 3.05) is 5.73 Å². The number of fused-ring (bicyclic) bond motifs is 2. The second-order valence-corrected chi connectivity index (χ2v) is 7.44. The molecule has 1 aromatic carbocycles. The maximum absolute atomic E-state index is 13.2. The summed E-state index contributed by atoms with van der Waals surface area (Å²) < 4.78 is 16.3. The van der Waals surface area contributed by atoms with E-state index in [4.69, 9.17) is 10.7 Å². The Kier molecular flexibility index (Phi) is 5.37. The van der Waals surface area contributed by atoms with Gasteiger partial charge in [0.05, 0.1) is 6.54 Å². The van der Waals surface area contributed by atoms with E-state index >= 15 is 0 Å². The molecule has 4 aromatic rings. The first-order valence-electron chi connectivity index (χ1n) is 10.1. The molecule has 3 heterocycles. The highest BCUT2D eigenvalue weighted by Crippen LogP contribution is 2.16.